The van der Waals surface area contributed by atoms with E-state index in [0.29, 0.717) is 62.2 Å². The van der Waals surface area contributed by atoms with Crippen LogP contribution in [0.4, 0.5) is 0 Å². The molecule has 0 fully saturated rings. The standard InChI is InChI=1S/C51H31N3O2.C45H26ClN3O2.C6H7BO2.CH4/c1-5-16-32(17-6-1)36-30-42(34-20-9-3-10-21-34)47-43(31-36)45-37(33-18-7-2-8-19-33)28-29-41(48(45)56-47)51-53-49(35-22-11-4-12-23-35)52-50(54-51)40-26-15-25-39-38-24-13-14-27-44(38)55-46(39)40;46-37-24-23-34(42-39(37)36-26-30(27-13-4-1-5-14-27)25-35(41(36)51-42)28-15-6-2-7-16-28)45-48-43(29-17-8-3-9-18-29)47-44(49-45)33-21-12-20-32-31-19-10-11-22-38(31)50-40(32)33;8-7(9)6-4-2-1-3-5-6;/h1-31H;1-26H;1-5,8-9H;1H4. The number of hydrogen-bond acceptors (Lipinski definition) is 12. The van der Waals surface area contributed by atoms with E-state index in [1.807, 2.05) is 176 Å². The van der Waals surface area contributed by atoms with Crippen LogP contribution in [0.3, 0.4) is 0 Å². The molecule has 117 heavy (non-hydrogen) atoms. The number of halogens is 1. The van der Waals surface area contributed by atoms with Crippen molar-refractivity contribution >= 4 is 112 Å². The van der Waals surface area contributed by atoms with E-state index in [1.165, 1.54) is 0 Å². The van der Waals surface area contributed by atoms with Crippen LogP contribution in [-0.2, 0) is 0 Å². The molecule has 12 nitrogen and oxygen atoms in total. The molecule has 14 heteroatoms. The summed E-state index contributed by atoms with van der Waals surface area (Å²) in [7, 11) is -1.34. The van der Waals surface area contributed by atoms with E-state index in [0.717, 1.165) is 160 Å². The van der Waals surface area contributed by atoms with Crippen molar-refractivity contribution in [2.45, 2.75) is 7.43 Å². The molecule has 6 heterocycles. The molecule has 0 amide bonds. The highest BCUT2D eigenvalue weighted by atomic mass is 35.5. The zero-order valence-corrected chi connectivity index (χ0v) is 62.7. The molecular formula is C103H68BClN6O6. The molecule has 0 radical (unpaired) electrons. The number of rotatable bonds is 12. The van der Waals surface area contributed by atoms with Crippen molar-refractivity contribution in [2.75, 3.05) is 0 Å². The molecule has 0 saturated heterocycles. The molecule has 0 aliphatic carbocycles. The van der Waals surface area contributed by atoms with Gasteiger partial charge in [0.1, 0.15) is 44.7 Å². The zero-order valence-electron chi connectivity index (χ0n) is 62.0. The molecule has 2 N–H and O–H groups in total. The predicted molar refractivity (Wildman–Crippen MR) is 477 cm³/mol. The fourth-order valence-electron chi connectivity index (χ4n) is 15.5. The quantitative estimate of drug-likeness (QED) is 0.111. The van der Waals surface area contributed by atoms with Gasteiger partial charge in [-0.25, -0.2) is 29.9 Å². The first-order chi connectivity index (χ1) is 57.3. The van der Waals surface area contributed by atoms with Crippen LogP contribution in [0.5, 0.6) is 0 Å². The van der Waals surface area contributed by atoms with Crippen LogP contribution in [0.2, 0.25) is 5.02 Å². The lowest BCUT2D eigenvalue weighted by Crippen LogP contribution is -2.29. The highest BCUT2D eigenvalue weighted by Gasteiger charge is 2.28. The van der Waals surface area contributed by atoms with E-state index in [9.17, 15) is 0 Å². The minimum Gasteiger partial charge on any atom is -0.455 e. The van der Waals surface area contributed by atoms with Crippen molar-refractivity contribution in [3.05, 3.63) is 381 Å². The highest BCUT2D eigenvalue weighted by molar-refractivity contribution is 6.58. The Morgan fingerprint density at radius 3 is 0.915 bits per heavy atom. The number of benzene rings is 16. The summed E-state index contributed by atoms with van der Waals surface area (Å²) in [6.45, 7) is 0. The van der Waals surface area contributed by atoms with Crippen molar-refractivity contribution in [1.82, 2.24) is 29.9 Å². The first kappa shape index (κ1) is 72.3. The molecule has 0 unspecified atom stereocenters. The van der Waals surface area contributed by atoms with Gasteiger partial charge in [-0.05, 0) is 117 Å². The van der Waals surface area contributed by atoms with Gasteiger partial charge in [-0.3, -0.25) is 0 Å². The fourth-order valence-corrected chi connectivity index (χ4v) is 15.8. The molecule has 16 aromatic carbocycles. The Morgan fingerprint density at radius 2 is 0.513 bits per heavy atom. The third-order valence-electron chi connectivity index (χ3n) is 21.1. The molecule has 556 valence electrons. The molecule has 0 aliphatic heterocycles. The maximum Gasteiger partial charge on any atom is 0.488 e. The number of aromatic nitrogens is 6. The average Bonchev–Trinajstić information content (AvgIpc) is 1.59. The van der Waals surface area contributed by atoms with Crippen LogP contribution in [0.1, 0.15) is 7.43 Å². The van der Waals surface area contributed by atoms with Gasteiger partial charge in [-0.2, -0.15) is 0 Å². The third kappa shape index (κ3) is 13.7. The lowest BCUT2D eigenvalue weighted by molar-refractivity contribution is 0.426. The van der Waals surface area contributed by atoms with Crippen molar-refractivity contribution in [3.8, 4) is 124 Å². The van der Waals surface area contributed by atoms with Crippen LogP contribution >= 0.6 is 11.6 Å². The van der Waals surface area contributed by atoms with Gasteiger partial charge < -0.3 is 27.7 Å². The average molecular weight is 1530 g/mol. The van der Waals surface area contributed by atoms with Crippen LogP contribution < -0.4 is 5.46 Å². The number of para-hydroxylation sites is 4. The van der Waals surface area contributed by atoms with Gasteiger partial charge in [0.2, 0.25) is 0 Å². The summed E-state index contributed by atoms with van der Waals surface area (Å²) < 4.78 is 27.0. The summed E-state index contributed by atoms with van der Waals surface area (Å²) in [5.41, 5.74) is 22.0. The predicted octanol–water partition coefficient (Wildman–Crippen LogP) is 26.3. The molecule has 0 saturated carbocycles. The normalized spacial score (nSPS) is 11.3. The Bertz CT molecular complexity index is 7420. The molecule has 0 spiro atoms. The van der Waals surface area contributed by atoms with E-state index < -0.39 is 7.12 Å². The molecule has 22 rings (SSSR count). The van der Waals surface area contributed by atoms with Crippen molar-refractivity contribution < 1.29 is 27.7 Å². The summed E-state index contributed by atoms with van der Waals surface area (Å²) in [6.07, 6.45) is 0. The van der Waals surface area contributed by atoms with Crippen LogP contribution in [0.15, 0.2) is 394 Å². The van der Waals surface area contributed by atoms with Crippen LogP contribution in [0.25, 0.3) is 212 Å². The monoisotopic (exact) mass is 1530 g/mol. The lowest BCUT2D eigenvalue weighted by atomic mass is 9.81. The minimum absolute atomic E-state index is 0. The van der Waals surface area contributed by atoms with E-state index in [4.69, 9.17) is 69.2 Å². The van der Waals surface area contributed by atoms with Crippen molar-refractivity contribution in [3.63, 3.8) is 0 Å². The minimum atomic E-state index is -1.34. The Balaban J connectivity index is 0.000000140. The second-order valence-electron chi connectivity index (χ2n) is 28.2. The summed E-state index contributed by atoms with van der Waals surface area (Å²) in [5, 5.41) is 25.6. The van der Waals surface area contributed by atoms with E-state index in [-0.39, 0.29) is 7.43 Å². The maximum atomic E-state index is 8.58. The Labute approximate surface area is 677 Å². The molecule has 0 aliphatic rings. The first-order valence-electron chi connectivity index (χ1n) is 38.1. The number of hydrogen-bond donors (Lipinski definition) is 2. The third-order valence-corrected chi connectivity index (χ3v) is 21.4. The summed E-state index contributed by atoms with van der Waals surface area (Å²) in [4.78, 5) is 30.7. The van der Waals surface area contributed by atoms with Crippen molar-refractivity contribution in [1.29, 1.82) is 0 Å². The van der Waals surface area contributed by atoms with Crippen LogP contribution in [-0.4, -0.2) is 47.1 Å². The van der Waals surface area contributed by atoms with Gasteiger partial charge >= 0.3 is 7.12 Å². The van der Waals surface area contributed by atoms with Crippen LogP contribution in [0, 0.1) is 0 Å². The molecule has 6 aromatic heterocycles. The fraction of sp³-hybridized carbons (Fsp3) is 0.00971. The highest BCUT2D eigenvalue weighted by Crippen LogP contribution is 2.49. The first-order valence-corrected chi connectivity index (χ1v) is 38.5. The largest absolute Gasteiger partial charge is 0.488 e. The molecule has 0 bridgehead atoms. The van der Waals surface area contributed by atoms with E-state index in [2.05, 4.69) is 176 Å². The van der Waals surface area contributed by atoms with Gasteiger partial charge in [0.25, 0.3) is 0 Å². The number of nitrogens with zero attached hydrogens (tertiary/aromatic N) is 6. The Hall–Kier alpha value is -15.0. The van der Waals surface area contributed by atoms with Gasteiger partial charge in [0.05, 0.1) is 27.3 Å². The number of fused-ring (bicyclic) bond motifs is 12. The van der Waals surface area contributed by atoms with Crippen molar-refractivity contribution in [2.24, 2.45) is 0 Å². The van der Waals surface area contributed by atoms with Gasteiger partial charge in [0, 0.05) is 65.3 Å². The van der Waals surface area contributed by atoms with Gasteiger partial charge in [-0.15, -0.1) is 0 Å². The topological polar surface area (TPSA) is 170 Å². The van der Waals surface area contributed by atoms with Gasteiger partial charge in [0.15, 0.2) is 34.9 Å². The summed E-state index contributed by atoms with van der Waals surface area (Å²) in [6, 6.07) is 126. The lowest BCUT2D eigenvalue weighted by Gasteiger charge is -2.11. The summed E-state index contributed by atoms with van der Waals surface area (Å²) in [5.74, 6) is 3.10. The van der Waals surface area contributed by atoms with E-state index in [1.54, 1.807) is 24.3 Å². The number of furan rings is 4. The van der Waals surface area contributed by atoms with E-state index >= 15 is 0 Å². The molecule has 22 aromatic rings. The molecular weight excluding hydrogens is 1460 g/mol. The smallest absolute Gasteiger partial charge is 0.455 e. The maximum absolute atomic E-state index is 8.58. The summed E-state index contributed by atoms with van der Waals surface area (Å²) >= 11 is 7.07. The van der Waals surface area contributed by atoms with Gasteiger partial charge in [-0.1, -0.05) is 328 Å². The second kappa shape index (κ2) is 31.2. The second-order valence-corrected chi connectivity index (χ2v) is 28.6. The SMILES string of the molecule is C.Clc1ccc(-c2nc(-c3ccccc3)nc(-c3cccc4c3oc3ccccc34)n2)c2oc3c(-c4ccccc4)cc(-c4ccccc4)cc3c12.OB(O)c1ccccc1.c1ccc(-c2cc(-c3ccccc3)c3oc4c(-c5nc(-c6ccccc6)nc(-c6cccc7c6oc6ccccc67)n5)ccc(-c5ccccc5)c4c3c2)cc1. The molecule has 0 atom stereocenters. The zero-order chi connectivity index (χ0) is 77.6. The Morgan fingerprint density at radius 1 is 0.214 bits per heavy atom. The Kier molecular flexibility index (Phi) is 19.3.